The number of carbonyl (C=O) groups excluding carboxylic acids is 1. The molecule has 0 spiro atoms. The molecule has 19 heavy (non-hydrogen) atoms. The number of hydrogen-bond donors (Lipinski definition) is 3. The molecular weight excluding hydrogens is 266 g/mol. The molecule has 106 valence electrons. The van der Waals surface area contributed by atoms with Crippen molar-refractivity contribution < 1.29 is 9.53 Å². The summed E-state index contributed by atoms with van der Waals surface area (Å²) in [5, 5.41) is 3.46. The number of ether oxygens (including phenoxy) is 1. The van der Waals surface area contributed by atoms with E-state index in [1.807, 2.05) is 20.8 Å². The van der Waals surface area contributed by atoms with Gasteiger partial charge in [-0.2, -0.15) is 0 Å². The largest absolute Gasteiger partial charge is 0.399 e. The van der Waals surface area contributed by atoms with Crippen molar-refractivity contribution in [2.45, 2.75) is 26.4 Å². The molecule has 5 N–H and O–H groups in total. The summed E-state index contributed by atoms with van der Waals surface area (Å²) in [5.74, 6) is -0.578. The Hall–Kier alpha value is -1.46. The number of amides is 1. The van der Waals surface area contributed by atoms with Gasteiger partial charge >= 0.3 is 0 Å². The summed E-state index contributed by atoms with van der Waals surface area (Å²) in [5.41, 5.74) is 11.8. The third-order valence-corrected chi connectivity index (χ3v) is 2.90. The highest BCUT2D eigenvalue weighted by Crippen LogP contribution is 2.29. The Labute approximate surface area is 118 Å². The van der Waals surface area contributed by atoms with E-state index in [1.165, 1.54) is 6.07 Å². The van der Waals surface area contributed by atoms with E-state index in [-0.39, 0.29) is 11.2 Å². The van der Waals surface area contributed by atoms with Gasteiger partial charge in [0.05, 0.1) is 21.9 Å². The zero-order valence-electron chi connectivity index (χ0n) is 11.4. The quantitative estimate of drug-likeness (QED) is 0.699. The number of nitrogens with two attached hydrogens (primary N) is 2. The Kier molecular flexibility index (Phi) is 5.03. The third-order valence-electron chi connectivity index (χ3n) is 2.60. The van der Waals surface area contributed by atoms with E-state index in [4.69, 9.17) is 27.8 Å². The molecule has 0 aromatic heterocycles. The first-order chi connectivity index (χ1) is 8.76. The number of nitrogen functional groups attached to an aromatic ring is 1. The van der Waals surface area contributed by atoms with Crippen molar-refractivity contribution in [3.05, 3.63) is 22.7 Å². The van der Waals surface area contributed by atoms with E-state index in [0.717, 1.165) is 0 Å². The molecule has 0 fully saturated rings. The second-order valence-electron chi connectivity index (χ2n) is 4.84. The van der Waals surface area contributed by atoms with Crippen LogP contribution in [0.2, 0.25) is 5.02 Å². The fourth-order valence-electron chi connectivity index (χ4n) is 1.74. The molecule has 0 heterocycles. The van der Waals surface area contributed by atoms with E-state index in [2.05, 4.69) is 5.32 Å². The van der Waals surface area contributed by atoms with Crippen LogP contribution in [0.3, 0.4) is 0 Å². The lowest BCUT2D eigenvalue weighted by Gasteiger charge is -2.26. The molecule has 0 aliphatic carbocycles. The molecule has 1 rings (SSSR count). The molecule has 0 aliphatic heterocycles. The van der Waals surface area contributed by atoms with Crippen LogP contribution in [0.4, 0.5) is 11.4 Å². The molecule has 0 saturated carbocycles. The Morgan fingerprint density at radius 2 is 2.11 bits per heavy atom. The molecule has 1 amide bonds. The number of hydrogen-bond acceptors (Lipinski definition) is 4. The predicted octanol–water partition coefficient (Wildman–Crippen LogP) is 2.25. The summed E-state index contributed by atoms with van der Waals surface area (Å²) in [6, 6.07) is 3.08. The Morgan fingerprint density at radius 1 is 1.47 bits per heavy atom. The summed E-state index contributed by atoms with van der Waals surface area (Å²) in [4.78, 5) is 11.4. The fraction of sp³-hybridized carbons (Fsp3) is 0.462. The minimum absolute atomic E-state index is 0.275. The van der Waals surface area contributed by atoms with Crippen LogP contribution in [0.25, 0.3) is 0 Å². The number of anilines is 2. The van der Waals surface area contributed by atoms with Crippen LogP contribution in [0.15, 0.2) is 12.1 Å². The molecule has 0 atom stereocenters. The van der Waals surface area contributed by atoms with Gasteiger partial charge in [-0.15, -0.1) is 0 Å². The fourth-order valence-corrected chi connectivity index (χ4v) is 2.04. The number of nitrogens with one attached hydrogen (secondary N) is 1. The maximum Gasteiger partial charge on any atom is 0.250 e. The van der Waals surface area contributed by atoms with Crippen LogP contribution >= 0.6 is 11.6 Å². The standard InChI is InChI=1S/C13H20ClN3O2/c1-4-19-13(2,3)7-17-11-9(12(16)18)5-8(15)6-10(11)14/h5-6,17H,4,7,15H2,1-3H3,(H2,16,18). The van der Waals surface area contributed by atoms with Crippen LogP contribution < -0.4 is 16.8 Å². The monoisotopic (exact) mass is 285 g/mol. The van der Waals surface area contributed by atoms with Crippen molar-refractivity contribution in [1.82, 2.24) is 0 Å². The zero-order chi connectivity index (χ0) is 14.6. The highest BCUT2D eigenvalue weighted by molar-refractivity contribution is 6.34. The Balaban J connectivity index is 2.98. The maximum atomic E-state index is 11.4. The van der Waals surface area contributed by atoms with E-state index in [9.17, 15) is 4.79 Å². The minimum atomic E-state index is -0.578. The van der Waals surface area contributed by atoms with Crippen LogP contribution in [0, 0.1) is 0 Å². The average Bonchev–Trinajstić information content (AvgIpc) is 2.26. The van der Waals surface area contributed by atoms with Crippen molar-refractivity contribution in [3.63, 3.8) is 0 Å². The van der Waals surface area contributed by atoms with Gasteiger partial charge in [-0.1, -0.05) is 11.6 Å². The van der Waals surface area contributed by atoms with Gasteiger partial charge in [0.25, 0.3) is 5.91 Å². The predicted molar refractivity (Wildman–Crippen MR) is 78.6 cm³/mol. The molecule has 1 aromatic carbocycles. The van der Waals surface area contributed by atoms with Gasteiger partial charge in [0, 0.05) is 18.8 Å². The molecule has 6 heteroatoms. The van der Waals surface area contributed by atoms with E-state index in [0.29, 0.717) is 29.5 Å². The smallest absolute Gasteiger partial charge is 0.250 e. The Morgan fingerprint density at radius 3 is 2.63 bits per heavy atom. The van der Waals surface area contributed by atoms with Crippen molar-refractivity contribution >= 4 is 28.9 Å². The molecule has 0 radical (unpaired) electrons. The number of primary amides is 1. The molecule has 0 bridgehead atoms. The first-order valence-corrected chi connectivity index (χ1v) is 6.41. The molecule has 5 nitrogen and oxygen atoms in total. The second kappa shape index (κ2) is 6.12. The number of rotatable bonds is 6. The lowest BCUT2D eigenvalue weighted by molar-refractivity contribution is 0.000682. The molecule has 0 saturated heterocycles. The van der Waals surface area contributed by atoms with Crippen LogP contribution in [-0.2, 0) is 4.74 Å². The number of benzene rings is 1. The topological polar surface area (TPSA) is 90.4 Å². The summed E-state index contributed by atoms with van der Waals surface area (Å²) < 4.78 is 5.57. The van der Waals surface area contributed by atoms with E-state index < -0.39 is 5.91 Å². The van der Waals surface area contributed by atoms with Crippen molar-refractivity contribution in [3.8, 4) is 0 Å². The molecule has 0 unspecified atom stereocenters. The molecule has 1 aromatic rings. The van der Waals surface area contributed by atoms with E-state index >= 15 is 0 Å². The normalized spacial score (nSPS) is 11.4. The Bertz CT molecular complexity index is 475. The SMILES string of the molecule is CCOC(C)(C)CNc1c(Cl)cc(N)cc1C(N)=O. The van der Waals surface area contributed by atoms with Crippen LogP contribution in [0.1, 0.15) is 31.1 Å². The van der Waals surface area contributed by atoms with Gasteiger partial charge in [-0.05, 0) is 32.9 Å². The lowest BCUT2D eigenvalue weighted by atomic mass is 10.1. The van der Waals surface area contributed by atoms with Gasteiger partial charge in [0.2, 0.25) is 0 Å². The average molecular weight is 286 g/mol. The molecular formula is C13H20ClN3O2. The minimum Gasteiger partial charge on any atom is -0.399 e. The van der Waals surface area contributed by atoms with Crippen LogP contribution in [0.5, 0.6) is 0 Å². The van der Waals surface area contributed by atoms with Crippen LogP contribution in [-0.4, -0.2) is 24.7 Å². The highest BCUT2D eigenvalue weighted by Gasteiger charge is 2.20. The summed E-state index contributed by atoms with van der Waals surface area (Å²) in [6.07, 6.45) is 0. The molecule has 0 aliphatic rings. The van der Waals surface area contributed by atoms with E-state index in [1.54, 1.807) is 6.07 Å². The summed E-state index contributed by atoms with van der Waals surface area (Å²) >= 11 is 6.09. The number of carbonyl (C=O) groups is 1. The first-order valence-electron chi connectivity index (χ1n) is 6.03. The van der Waals surface area contributed by atoms with Crippen molar-refractivity contribution in [1.29, 1.82) is 0 Å². The summed E-state index contributed by atoms with van der Waals surface area (Å²) in [6.45, 7) is 6.90. The van der Waals surface area contributed by atoms with Gasteiger partial charge in [-0.25, -0.2) is 0 Å². The first kappa shape index (κ1) is 15.6. The van der Waals surface area contributed by atoms with Gasteiger partial charge in [0.1, 0.15) is 0 Å². The maximum absolute atomic E-state index is 11.4. The third kappa shape index (κ3) is 4.29. The number of halogens is 1. The zero-order valence-corrected chi connectivity index (χ0v) is 12.2. The van der Waals surface area contributed by atoms with Gasteiger partial charge in [0.15, 0.2) is 0 Å². The lowest BCUT2D eigenvalue weighted by Crippen LogP contribution is -2.34. The highest BCUT2D eigenvalue weighted by atomic mass is 35.5. The van der Waals surface area contributed by atoms with Gasteiger partial charge in [-0.3, -0.25) is 4.79 Å². The van der Waals surface area contributed by atoms with Crippen molar-refractivity contribution in [2.24, 2.45) is 5.73 Å². The van der Waals surface area contributed by atoms with Crippen molar-refractivity contribution in [2.75, 3.05) is 24.2 Å². The summed E-state index contributed by atoms with van der Waals surface area (Å²) in [7, 11) is 0. The van der Waals surface area contributed by atoms with Gasteiger partial charge < -0.3 is 21.5 Å². The second-order valence-corrected chi connectivity index (χ2v) is 5.24.